The number of aromatic nitrogens is 3. The van der Waals surface area contributed by atoms with Crippen molar-refractivity contribution in [2.24, 2.45) is 0 Å². The van der Waals surface area contributed by atoms with Crippen LogP contribution in [-0.2, 0) is 0 Å². The van der Waals surface area contributed by atoms with Crippen molar-refractivity contribution in [3.8, 4) is 28.1 Å². The summed E-state index contributed by atoms with van der Waals surface area (Å²) in [4.78, 5) is 20.8. The first kappa shape index (κ1) is 15.9. The largest absolute Gasteiger partial charge is 0.493 e. The Balaban J connectivity index is 1.98. The van der Waals surface area contributed by atoms with Crippen molar-refractivity contribution in [3.05, 3.63) is 35.2 Å². The van der Waals surface area contributed by atoms with Crippen LogP contribution in [0, 0.1) is 0 Å². The van der Waals surface area contributed by atoms with Crippen molar-refractivity contribution in [2.45, 2.75) is 0 Å². The van der Waals surface area contributed by atoms with E-state index in [0.717, 1.165) is 0 Å². The number of hydrogen-bond acceptors (Lipinski definition) is 9. The molecule has 0 radical (unpaired) electrons. The minimum atomic E-state index is -0.454. The van der Waals surface area contributed by atoms with Gasteiger partial charge in [-0.25, -0.2) is 4.98 Å². The molecular weight excluding hydrogens is 334 g/mol. The number of ketones is 1. The first-order chi connectivity index (χ1) is 11.7. The second-order valence-corrected chi connectivity index (χ2v) is 5.40. The highest BCUT2D eigenvalue weighted by molar-refractivity contribution is 7.12. The van der Waals surface area contributed by atoms with Crippen LogP contribution in [0.25, 0.3) is 10.8 Å². The third-order valence-corrected chi connectivity index (χ3v) is 3.94. The van der Waals surface area contributed by atoms with Gasteiger partial charge in [-0.3, -0.25) is 4.79 Å². The lowest BCUT2D eigenvalue weighted by Crippen LogP contribution is -2.04. The van der Waals surface area contributed by atoms with Gasteiger partial charge >= 0.3 is 0 Å². The molecule has 0 amide bonds. The van der Waals surface area contributed by atoms with E-state index in [1.54, 1.807) is 11.6 Å². The lowest BCUT2D eigenvalue weighted by molar-refractivity contribution is 0.0993. The van der Waals surface area contributed by atoms with Gasteiger partial charge in [-0.15, -0.1) is 11.3 Å². The maximum Gasteiger partial charge on any atom is 0.299 e. The quantitative estimate of drug-likeness (QED) is 0.627. The van der Waals surface area contributed by atoms with Crippen molar-refractivity contribution in [1.82, 2.24) is 15.1 Å². The van der Waals surface area contributed by atoms with E-state index in [1.807, 2.05) is 0 Å². The zero-order valence-electron chi connectivity index (χ0n) is 13.1. The molecule has 124 valence electrons. The van der Waals surface area contributed by atoms with E-state index < -0.39 is 5.78 Å². The topological polar surface area (TPSA) is 96.6 Å². The van der Waals surface area contributed by atoms with Gasteiger partial charge < -0.3 is 18.7 Å². The van der Waals surface area contributed by atoms with Crippen LogP contribution >= 0.6 is 11.3 Å². The van der Waals surface area contributed by atoms with E-state index in [4.69, 9.17) is 18.7 Å². The molecule has 0 saturated carbocycles. The molecule has 3 aromatic rings. The van der Waals surface area contributed by atoms with Gasteiger partial charge in [0.15, 0.2) is 16.5 Å². The summed E-state index contributed by atoms with van der Waals surface area (Å²) in [5, 5.41) is 6.13. The third kappa shape index (κ3) is 2.81. The number of rotatable bonds is 6. The van der Waals surface area contributed by atoms with E-state index in [9.17, 15) is 4.79 Å². The highest BCUT2D eigenvalue weighted by Crippen LogP contribution is 2.38. The molecule has 0 aliphatic heterocycles. The maximum atomic E-state index is 12.6. The molecule has 0 spiro atoms. The van der Waals surface area contributed by atoms with Crippen LogP contribution in [-0.4, -0.2) is 42.2 Å². The highest BCUT2D eigenvalue weighted by atomic mass is 32.1. The molecule has 3 rings (SSSR count). The van der Waals surface area contributed by atoms with Gasteiger partial charge in [0, 0.05) is 17.1 Å². The lowest BCUT2D eigenvalue weighted by atomic mass is 10.1. The van der Waals surface area contributed by atoms with E-state index in [1.165, 1.54) is 44.8 Å². The van der Waals surface area contributed by atoms with Gasteiger partial charge in [0.1, 0.15) is 0 Å². The number of carbonyl (C=O) groups is 1. The fourth-order valence-corrected chi connectivity index (χ4v) is 2.63. The molecule has 9 heteroatoms. The molecule has 0 bridgehead atoms. The Morgan fingerprint density at radius 1 is 1.12 bits per heavy atom. The van der Waals surface area contributed by atoms with Crippen LogP contribution in [0.15, 0.2) is 28.2 Å². The molecule has 2 heterocycles. The molecule has 0 atom stereocenters. The SMILES string of the molecule is COc1cc(C(=O)c2nc(-c3nccs3)no2)cc(OC)c1OC. The number of carbonyl (C=O) groups excluding carboxylic acids is 1. The van der Waals surface area contributed by atoms with E-state index in [-0.39, 0.29) is 17.3 Å². The number of ether oxygens (including phenoxy) is 3. The van der Waals surface area contributed by atoms with E-state index in [2.05, 4.69) is 15.1 Å². The normalized spacial score (nSPS) is 10.5. The molecule has 0 aliphatic rings. The molecule has 0 aliphatic carbocycles. The summed E-state index contributed by atoms with van der Waals surface area (Å²) in [6.45, 7) is 0. The summed E-state index contributed by atoms with van der Waals surface area (Å²) in [7, 11) is 4.43. The van der Waals surface area contributed by atoms with Crippen molar-refractivity contribution in [3.63, 3.8) is 0 Å². The molecule has 1 aromatic carbocycles. The number of thiazole rings is 1. The van der Waals surface area contributed by atoms with Crippen LogP contribution in [0.3, 0.4) is 0 Å². The molecule has 24 heavy (non-hydrogen) atoms. The maximum absolute atomic E-state index is 12.6. The first-order valence-electron chi connectivity index (χ1n) is 6.76. The summed E-state index contributed by atoms with van der Waals surface area (Å²) >= 11 is 1.35. The summed E-state index contributed by atoms with van der Waals surface area (Å²) in [6.07, 6.45) is 1.62. The fourth-order valence-electron chi connectivity index (χ4n) is 2.07. The predicted octanol–water partition coefficient (Wildman–Crippen LogP) is 2.45. The number of benzene rings is 1. The number of nitrogens with zero attached hydrogens (tertiary/aromatic N) is 3. The van der Waals surface area contributed by atoms with E-state index >= 15 is 0 Å². The van der Waals surface area contributed by atoms with Crippen molar-refractivity contribution in [2.75, 3.05) is 21.3 Å². The van der Waals surface area contributed by atoms with Crippen molar-refractivity contribution in [1.29, 1.82) is 0 Å². The standard InChI is InChI=1S/C15H13N3O5S/c1-20-9-6-8(7-10(21-2)12(9)22-3)11(19)14-17-13(18-23-14)15-16-4-5-24-15/h4-7H,1-3H3. The van der Waals surface area contributed by atoms with Gasteiger partial charge in [-0.2, -0.15) is 4.98 Å². The highest BCUT2D eigenvalue weighted by Gasteiger charge is 2.23. The first-order valence-corrected chi connectivity index (χ1v) is 7.64. The van der Waals surface area contributed by atoms with Crippen molar-refractivity contribution < 1.29 is 23.5 Å². The van der Waals surface area contributed by atoms with Crippen LogP contribution < -0.4 is 14.2 Å². The molecule has 8 nitrogen and oxygen atoms in total. The summed E-state index contributed by atoms with van der Waals surface area (Å²) in [6, 6.07) is 3.05. The predicted molar refractivity (Wildman–Crippen MR) is 84.9 cm³/mol. The zero-order valence-corrected chi connectivity index (χ0v) is 13.9. The molecule has 2 aromatic heterocycles. The van der Waals surface area contributed by atoms with Gasteiger partial charge in [0.25, 0.3) is 11.7 Å². The van der Waals surface area contributed by atoms with Crippen LogP contribution in [0.5, 0.6) is 17.2 Å². The summed E-state index contributed by atoms with van der Waals surface area (Å²) in [5.74, 6) is 0.783. The molecule has 0 saturated heterocycles. The van der Waals surface area contributed by atoms with Gasteiger partial charge in [-0.05, 0) is 12.1 Å². The number of methoxy groups -OCH3 is 3. The second kappa shape index (κ2) is 6.67. The monoisotopic (exact) mass is 347 g/mol. The lowest BCUT2D eigenvalue weighted by Gasteiger charge is -2.12. The molecule has 0 fully saturated rings. The van der Waals surface area contributed by atoms with Crippen molar-refractivity contribution >= 4 is 17.1 Å². The van der Waals surface area contributed by atoms with Crippen LogP contribution in [0.4, 0.5) is 0 Å². The Kier molecular flexibility index (Phi) is 4.43. The minimum absolute atomic E-state index is 0.144. The van der Waals surface area contributed by atoms with Crippen LogP contribution in [0.2, 0.25) is 0 Å². The zero-order chi connectivity index (χ0) is 17.1. The van der Waals surface area contributed by atoms with Gasteiger partial charge in [0.05, 0.1) is 21.3 Å². The second-order valence-electron chi connectivity index (χ2n) is 4.50. The average molecular weight is 347 g/mol. The Morgan fingerprint density at radius 3 is 2.38 bits per heavy atom. The summed E-state index contributed by atoms with van der Waals surface area (Å²) < 4.78 is 20.8. The van der Waals surface area contributed by atoms with E-state index in [0.29, 0.717) is 22.3 Å². The summed E-state index contributed by atoms with van der Waals surface area (Å²) in [5.41, 5.74) is 0.277. The Morgan fingerprint density at radius 2 is 1.83 bits per heavy atom. The molecular formula is C15H13N3O5S. The smallest absolute Gasteiger partial charge is 0.299 e. The molecule has 0 unspecified atom stereocenters. The van der Waals surface area contributed by atoms with Crippen LogP contribution in [0.1, 0.15) is 16.2 Å². The third-order valence-electron chi connectivity index (χ3n) is 3.17. The van der Waals surface area contributed by atoms with Gasteiger partial charge in [0.2, 0.25) is 11.6 Å². The Hall–Kier alpha value is -2.94. The Labute approximate surface area is 141 Å². The average Bonchev–Trinajstić information content (AvgIpc) is 3.30. The van der Waals surface area contributed by atoms with Gasteiger partial charge in [-0.1, -0.05) is 5.16 Å². The molecule has 0 N–H and O–H groups in total. The fraction of sp³-hybridized carbons (Fsp3) is 0.200. The minimum Gasteiger partial charge on any atom is -0.493 e. The Bertz CT molecular complexity index is 835. The number of hydrogen-bond donors (Lipinski definition) is 0.